The molecule has 4 aromatic rings. The predicted molar refractivity (Wildman–Crippen MR) is 150 cm³/mol. The van der Waals surface area contributed by atoms with Crippen molar-refractivity contribution in [2.75, 3.05) is 56.9 Å². The van der Waals surface area contributed by atoms with Crippen LogP contribution < -0.4 is 20.3 Å². The summed E-state index contributed by atoms with van der Waals surface area (Å²) in [4.78, 5) is 35.4. The highest BCUT2D eigenvalue weighted by Gasteiger charge is 2.18. The maximum Gasteiger partial charge on any atom is 0.247 e. The number of methoxy groups -OCH3 is 1. The van der Waals surface area contributed by atoms with Crippen LogP contribution in [0.3, 0.4) is 0 Å². The minimum absolute atomic E-state index is 0.291. The Morgan fingerprint density at radius 1 is 1.19 bits per heavy atom. The van der Waals surface area contributed by atoms with E-state index in [-0.39, 0.29) is 5.91 Å². The summed E-state index contributed by atoms with van der Waals surface area (Å²) in [5, 5.41) is 7.46. The van der Waals surface area contributed by atoms with Gasteiger partial charge in [0.05, 0.1) is 34.1 Å². The number of hydrogen-bond acceptors (Lipinski definition) is 10. The number of ether oxygens (including phenoxy) is 1. The van der Waals surface area contributed by atoms with Crippen LogP contribution in [0, 0.1) is 0 Å². The van der Waals surface area contributed by atoms with E-state index in [1.165, 1.54) is 23.7 Å². The van der Waals surface area contributed by atoms with Gasteiger partial charge in [0, 0.05) is 37.8 Å². The summed E-state index contributed by atoms with van der Waals surface area (Å²) in [7, 11) is 7.55. The standard InChI is InChI=1S/C25H27ClN8O2S/c1-6-20(35)30-16-12-17(19(36-5)13-18(16)34(4)11-10-33(2)3)31-25-29-14-28-23(32-25)22-21(26)15-8-7-9-27-24(15)37-22/h6-9,12-14H,1,10-11H2,2-5H3,(H,30,35)(H,28,29,31,32). The molecule has 0 fully saturated rings. The second-order valence-corrected chi connectivity index (χ2v) is 9.72. The molecule has 0 radical (unpaired) electrons. The SMILES string of the molecule is C=CC(=O)Nc1cc(Nc2ncnc(-c3sc4ncccc4c3Cl)n2)c(OC)cc1N(C)CCN(C)C. The lowest BCUT2D eigenvalue weighted by Crippen LogP contribution is -2.29. The zero-order valence-electron chi connectivity index (χ0n) is 20.9. The number of nitrogens with zero attached hydrogens (tertiary/aromatic N) is 6. The first-order chi connectivity index (χ1) is 17.8. The molecule has 3 aromatic heterocycles. The highest BCUT2D eigenvalue weighted by molar-refractivity contribution is 7.22. The smallest absolute Gasteiger partial charge is 0.247 e. The number of nitrogens with one attached hydrogen (secondary N) is 2. The summed E-state index contributed by atoms with van der Waals surface area (Å²) in [6, 6.07) is 7.38. The molecule has 0 atom stereocenters. The van der Waals surface area contributed by atoms with Crippen LogP contribution in [0.4, 0.5) is 23.0 Å². The lowest BCUT2D eigenvalue weighted by atomic mass is 10.2. The molecule has 0 bridgehead atoms. The van der Waals surface area contributed by atoms with E-state index in [0.717, 1.165) is 29.0 Å². The van der Waals surface area contributed by atoms with E-state index < -0.39 is 0 Å². The average molecular weight is 539 g/mol. The third-order valence-electron chi connectivity index (χ3n) is 5.48. The number of amides is 1. The summed E-state index contributed by atoms with van der Waals surface area (Å²) < 4.78 is 5.66. The van der Waals surface area contributed by atoms with Crippen LogP contribution in [-0.2, 0) is 4.79 Å². The first-order valence-electron chi connectivity index (χ1n) is 11.3. The molecule has 0 unspecified atom stereocenters. The first-order valence-corrected chi connectivity index (χ1v) is 12.5. The molecule has 2 N–H and O–H groups in total. The lowest BCUT2D eigenvalue weighted by Gasteiger charge is -2.25. The number of halogens is 1. The zero-order valence-corrected chi connectivity index (χ0v) is 22.5. The molecule has 4 rings (SSSR count). The van der Waals surface area contributed by atoms with Gasteiger partial charge >= 0.3 is 0 Å². The lowest BCUT2D eigenvalue weighted by molar-refractivity contribution is -0.111. The van der Waals surface area contributed by atoms with Gasteiger partial charge in [0.15, 0.2) is 5.82 Å². The second-order valence-electron chi connectivity index (χ2n) is 8.35. The van der Waals surface area contributed by atoms with Crippen LogP contribution in [0.5, 0.6) is 5.75 Å². The Morgan fingerprint density at radius 3 is 2.70 bits per heavy atom. The topological polar surface area (TPSA) is 108 Å². The Morgan fingerprint density at radius 2 is 2.00 bits per heavy atom. The van der Waals surface area contributed by atoms with Crippen LogP contribution in [0.15, 0.2) is 49.4 Å². The van der Waals surface area contributed by atoms with E-state index in [4.69, 9.17) is 16.3 Å². The van der Waals surface area contributed by atoms with Crippen molar-refractivity contribution >= 4 is 62.1 Å². The zero-order chi connectivity index (χ0) is 26.5. The van der Waals surface area contributed by atoms with Crippen molar-refractivity contribution in [3.05, 3.63) is 54.5 Å². The minimum Gasteiger partial charge on any atom is -0.494 e. The van der Waals surface area contributed by atoms with E-state index in [0.29, 0.717) is 38.8 Å². The normalized spacial score (nSPS) is 11.0. The number of pyridine rings is 1. The molecule has 192 valence electrons. The Labute approximate surface area is 224 Å². The molecule has 0 spiro atoms. The Balaban J connectivity index is 1.70. The maximum absolute atomic E-state index is 12.2. The van der Waals surface area contributed by atoms with E-state index in [9.17, 15) is 4.79 Å². The summed E-state index contributed by atoms with van der Waals surface area (Å²) in [6.45, 7) is 5.13. The number of anilines is 4. The largest absolute Gasteiger partial charge is 0.494 e. The first kappa shape index (κ1) is 26.3. The molecule has 10 nitrogen and oxygen atoms in total. The summed E-state index contributed by atoms with van der Waals surface area (Å²) in [5.74, 6) is 0.937. The van der Waals surface area contributed by atoms with Gasteiger partial charge in [0.2, 0.25) is 11.9 Å². The number of carbonyl (C=O) groups excluding carboxylic acids is 1. The Hall–Kier alpha value is -3.80. The molecule has 0 saturated carbocycles. The highest BCUT2D eigenvalue weighted by Crippen LogP contribution is 2.40. The number of benzene rings is 1. The average Bonchev–Trinajstić information content (AvgIpc) is 3.24. The van der Waals surface area contributed by atoms with Crippen molar-refractivity contribution < 1.29 is 9.53 Å². The van der Waals surface area contributed by atoms with E-state index in [1.54, 1.807) is 19.4 Å². The number of aromatic nitrogens is 4. The van der Waals surface area contributed by atoms with Gasteiger partial charge in [-0.05, 0) is 38.4 Å². The van der Waals surface area contributed by atoms with Gasteiger partial charge in [-0.2, -0.15) is 4.98 Å². The molecule has 0 aliphatic heterocycles. The van der Waals surface area contributed by atoms with Gasteiger partial charge < -0.3 is 25.2 Å². The highest BCUT2D eigenvalue weighted by atomic mass is 35.5. The maximum atomic E-state index is 12.2. The van der Waals surface area contributed by atoms with Gasteiger partial charge in [-0.3, -0.25) is 4.79 Å². The van der Waals surface area contributed by atoms with Crippen LogP contribution in [0.2, 0.25) is 5.02 Å². The van der Waals surface area contributed by atoms with E-state index in [2.05, 4.69) is 42.0 Å². The van der Waals surface area contributed by atoms with Crippen LogP contribution in [0.1, 0.15) is 0 Å². The quantitative estimate of drug-likeness (QED) is 0.278. The molecule has 1 amide bonds. The number of fused-ring (bicyclic) bond motifs is 1. The molecule has 37 heavy (non-hydrogen) atoms. The number of hydrogen-bond donors (Lipinski definition) is 2. The van der Waals surface area contributed by atoms with Crippen molar-refractivity contribution in [3.8, 4) is 16.5 Å². The van der Waals surface area contributed by atoms with Crippen LogP contribution >= 0.6 is 22.9 Å². The fourth-order valence-electron chi connectivity index (χ4n) is 3.54. The predicted octanol–water partition coefficient (Wildman–Crippen LogP) is 4.68. The number of rotatable bonds is 10. The number of thiophene rings is 1. The number of likely N-dealkylation sites (N-methyl/N-ethyl adjacent to an activating group) is 2. The van der Waals surface area contributed by atoms with Gasteiger partial charge in [0.1, 0.15) is 16.9 Å². The van der Waals surface area contributed by atoms with Crippen LogP contribution in [-0.4, -0.2) is 72.1 Å². The van der Waals surface area contributed by atoms with Gasteiger partial charge in [0.25, 0.3) is 0 Å². The molecule has 0 saturated heterocycles. The second kappa shape index (κ2) is 11.5. The van der Waals surface area contributed by atoms with E-state index >= 15 is 0 Å². The summed E-state index contributed by atoms with van der Waals surface area (Å²) in [5.41, 5.74) is 1.94. The monoisotopic (exact) mass is 538 g/mol. The Bertz CT molecular complexity index is 1440. The fraction of sp³-hybridized carbons (Fsp3) is 0.240. The van der Waals surface area contributed by atoms with Crippen LogP contribution in [0.25, 0.3) is 20.9 Å². The number of carbonyl (C=O) groups is 1. The van der Waals surface area contributed by atoms with Crippen molar-refractivity contribution in [1.29, 1.82) is 0 Å². The van der Waals surface area contributed by atoms with Gasteiger partial charge in [-0.15, -0.1) is 11.3 Å². The van der Waals surface area contributed by atoms with E-state index in [1.807, 2.05) is 44.2 Å². The molecule has 3 heterocycles. The fourth-order valence-corrected chi connectivity index (χ4v) is 4.92. The van der Waals surface area contributed by atoms with Crippen molar-refractivity contribution in [2.45, 2.75) is 0 Å². The van der Waals surface area contributed by atoms with Crippen molar-refractivity contribution in [1.82, 2.24) is 24.8 Å². The minimum atomic E-state index is -0.325. The van der Waals surface area contributed by atoms with Gasteiger partial charge in [-0.25, -0.2) is 15.0 Å². The summed E-state index contributed by atoms with van der Waals surface area (Å²) >= 11 is 8.01. The third-order valence-corrected chi connectivity index (χ3v) is 7.10. The Kier molecular flexibility index (Phi) is 8.17. The molecule has 0 aliphatic rings. The van der Waals surface area contributed by atoms with Crippen molar-refractivity contribution in [3.63, 3.8) is 0 Å². The van der Waals surface area contributed by atoms with Gasteiger partial charge in [-0.1, -0.05) is 18.2 Å². The molecule has 0 aliphatic carbocycles. The molecule has 12 heteroatoms. The van der Waals surface area contributed by atoms with Crippen molar-refractivity contribution in [2.24, 2.45) is 0 Å². The molecular formula is C25H27ClN8O2S. The molecule has 1 aromatic carbocycles. The summed E-state index contributed by atoms with van der Waals surface area (Å²) in [6.07, 6.45) is 4.35. The third kappa shape index (κ3) is 5.96. The molecular weight excluding hydrogens is 512 g/mol.